The number of carbonyl (C=O) groups is 2. The van der Waals surface area contributed by atoms with Crippen LogP contribution in [0.5, 0.6) is 0 Å². The summed E-state index contributed by atoms with van der Waals surface area (Å²) < 4.78 is 0. The van der Waals surface area contributed by atoms with Crippen LogP contribution < -0.4 is 16.4 Å². The van der Waals surface area contributed by atoms with Crippen LogP contribution in [-0.4, -0.2) is 24.4 Å². The molecule has 1 rings (SSSR count). The molecule has 1 atom stereocenters. The summed E-state index contributed by atoms with van der Waals surface area (Å²) in [6, 6.07) is 4.63. The fraction of sp³-hybridized carbons (Fsp3) is 0.429. The Balaban J connectivity index is 2.66. The lowest BCUT2D eigenvalue weighted by atomic mass is 10.1. The Labute approximate surface area is 113 Å². The van der Waals surface area contributed by atoms with E-state index in [9.17, 15) is 9.59 Å². The van der Waals surface area contributed by atoms with Gasteiger partial charge >= 0.3 is 0 Å². The van der Waals surface area contributed by atoms with E-state index >= 15 is 0 Å². The smallest absolute Gasteiger partial charge is 0.254 e. The van der Waals surface area contributed by atoms with Gasteiger partial charge in [-0.3, -0.25) is 9.59 Å². The number of nitrogens with one attached hydrogen (secondary N) is 2. The highest BCUT2D eigenvalue weighted by Gasteiger charge is 2.17. The molecular formula is C14H21N3O2. The van der Waals surface area contributed by atoms with Gasteiger partial charge < -0.3 is 16.4 Å². The van der Waals surface area contributed by atoms with Crippen LogP contribution in [0.1, 0.15) is 36.2 Å². The summed E-state index contributed by atoms with van der Waals surface area (Å²) in [7, 11) is 0. The summed E-state index contributed by atoms with van der Waals surface area (Å²) in [5.41, 5.74) is 7.59. The normalized spacial score (nSPS) is 11.7. The first-order valence-electron chi connectivity index (χ1n) is 6.40. The third kappa shape index (κ3) is 4.28. The minimum atomic E-state index is -0.584. The molecule has 1 aromatic carbocycles. The SMILES string of the molecule is CCCNC(=O)C(C)NC(=O)c1ccc(C)cc1N. The minimum Gasteiger partial charge on any atom is -0.398 e. The zero-order valence-corrected chi connectivity index (χ0v) is 11.6. The van der Waals surface area contributed by atoms with Gasteiger partial charge in [0, 0.05) is 12.2 Å². The van der Waals surface area contributed by atoms with E-state index in [4.69, 9.17) is 5.73 Å². The number of amides is 2. The van der Waals surface area contributed by atoms with E-state index < -0.39 is 6.04 Å². The number of benzene rings is 1. The molecule has 4 N–H and O–H groups in total. The van der Waals surface area contributed by atoms with Gasteiger partial charge in [0.25, 0.3) is 5.91 Å². The highest BCUT2D eigenvalue weighted by molar-refractivity contribution is 6.01. The molecule has 0 saturated carbocycles. The molecule has 0 heterocycles. The van der Waals surface area contributed by atoms with Gasteiger partial charge in [0.1, 0.15) is 6.04 Å². The van der Waals surface area contributed by atoms with Crippen molar-refractivity contribution in [3.63, 3.8) is 0 Å². The molecule has 5 nitrogen and oxygen atoms in total. The maximum absolute atomic E-state index is 12.0. The summed E-state index contributed by atoms with van der Waals surface area (Å²) in [4.78, 5) is 23.6. The summed E-state index contributed by atoms with van der Waals surface area (Å²) in [6.45, 7) is 6.12. The number of nitrogen functional groups attached to an aromatic ring is 1. The molecule has 2 amide bonds. The highest BCUT2D eigenvalue weighted by atomic mass is 16.2. The van der Waals surface area contributed by atoms with Gasteiger partial charge in [0.2, 0.25) is 5.91 Å². The molecule has 19 heavy (non-hydrogen) atoms. The first kappa shape index (κ1) is 15.0. The molecular weight excluding hydrogens is 242 g/mol. The van der Waals surface area contributed by atoms with Gasteiger partial charge in [-0.2, -0.15) is 0 Å². The first-order valence-corrected chi connectivity index (χ1v) is 6.40. The van der Waals surface area contributed by atoms with Gasteiger partial charge in [-0.05, 0) is 38.0 Å². The van der Waals surface area contributed by atoms with Crippen LogP contribution in [0.25, 0.3) is 0 Å². The third-order valence-corrected chi connectivity index (χ3v) is 2.74. The molecule has 0 bridgehead atoms. The van der Waals surface area contributed by atoms with Gasteiger partial charge in [0.15, 0.2) is 0 Å². The van der Waals surface area contributed by atoms with Gasteiger partial charge in [-0.15, -0.1) is 0 Å². The summed E-state index contributed by atoms with van der Waals surface area (Å²) in [6.07, 6.45) is 0.858. The number of aryl methyl sites for hydroxylation is 1. The number of hydrogen-bond acceptors (Lipinski definition) is 3. The van der Waals surface area contributed by atoms with Crippen LogP contribution in [0.15, 0.2) is 18.2 Å². The lowest BCUT2D eigenvalue weighted by molar-refractivity contribution is -0.122. The summed E-state index contributed by atoms with van der Waals surface area (Å²) >= 11 is 0. The van der Waals surface area contributed by atoms with E-state index in [1.54, 1.807) is 19.1 Å². The lowest BCUT2D eigenvalue weighted by Gasteiger charge is -2.14. The third-order valence-electron chi connectivity index (χ3n) is 2.74. The van der Waals surface area contributed by atoms with Crippen molar-refractivity contribution in [3.8, 4) is 0 Å². The van der Waals surface area contributed by atoms with Crippen LogP contribution >= 0.6 is 0 Å². The highest BCUT2D eigenvalue weighted by Crippen LogP contribution is 2.13. The number of nitrogens with two attached hydrogens (primary N) is 1. The van der Waals surface area contributed by atoms with E-state index in [2.05, 4.69) is 10.6 Å². The fourth-order valence-corrected chi connectivity index (χ4v) is 1.63. The van der Waals surface area contributed by atoms with Crippen LogP contribution in [0.2, 0.25) is 0 Å². The Bertz CT molecular complexity index is 472. The van der Waals surface area contributed by atoms with Crippen molar-refractivity contribution in [2.45, 2.75) is 33.2 Å². The molecule has 104 valence electrons. The molecule has 0 saturated heterocycles. The molecule has 0 radical (unpaired) electrons. The Kier molecular flexibility index (Phi) is 5.36. The van der Waals surface area contributed by atoms with E-state index in [0.29, 0.717) is 17.8 Å². The predicted octanol–water partition coefficient (Wildman–Crippen LogP) is 1.22. The van der Waals surface area contributed by atoms with E-state index in [1.165, 1.54) is 0 Å². The average molecular weight is 263 g/mol. The second kappa shape index (κ2) is 6.78. The van der Waals surface area contributed by atoms with Crippen LogP contribution in [0, 0.1) is 6.92 Å². The van der Waals surface area contributed by atoms with Crippen LogP contribution in [0.3, 0.4) is 0 Å². The van der Waals surface area contributed by atoms with E-state index in [1.807, 2.05) is 19.9 Å². The van der Waals surface area contributed by atoms with Crippen molar-refractivity contribution in [2.24, 2.45) is 0 Å². The maximum Gasteiger partial charge on any atom is 0.254 e. The largest absolute Gasteiger partial charge is 0.398 e. The molecule has 0 aliphatic rings. The van der Waals surface area contributed by atoms with Crippen molar-refractivity contribution < 1.29 is 9.59 Å². The molecule has 1 aromatic rings. The van der Waals surface area contributed by atoms with Gasteiger partial charge in [-0.1, -0.05) is 13.0 Å². The van der Waals surface area contributed by atoms with Crippen molar-refractivity contribution in [1.29, 1.82) is 0 Å². The van der Waals surface area contributed by atoms with Crippen molar-refractivity contribution in [1.82, 2.24) is 10.6 Å². The molecule has 1 unspecified atom stereocenters. The zero-order chi connectivity index (χ0) is 14.4. The first-order chi connectivity index (χ1) is 8.95. The second-order valence-corrected chi connectivity index (χ2v) is 4.58. The molecule has 0 aromatic heterocycles. The number of hydrogen-bond donors (Lipinski definition) is 3. The Hall–Kier alpha value is -2.04. The quantitative estimate of drug-likeness (QED) is 0.698. The Morgan fingerprint density at radius 2 is 2.05 bits per heavy atom. The van der Waals surface area contributed by atoms with Gasteiger partial charge in [-0.25, -0.2) is 0 Å². The van der Waals surface area contributed by atoms with E-state index in [-0.39, 0.29) is 11.8 Å². The van der Waals surface area contributed by atoms with E-state index in [0.717, 1.165) is 12.0 Å². The number of carbonyl (C=O) groups excluding carboxylic acids is 2. The van der Waals surface area contributed by atoms with Crippen LogP contribution in [-0.2, 0) is 4.79 Å². The molecule has 0 spiro atoms. The molecule has 0 fully saturated rings. The maximum atomic E-state index is 12.0. The average Bonchev–Trinajstić information content (AvgIpc) is 2.35. The molecule has 0 aliphatic carbocycles. The topological polar surface area (TPSA) is 84.2 Å². The monoisotopic (exact) mass is 263 g/mol. The van der Waals surface area contributed by atoms with Crippen LogP contribution in [0.4, 0.5) is 5.69 Å². The molecule has 5 heteroatoms. The van der Waals surface area contributed by atoms with Crippen molar-refractivity contribution >= 4 is 17.5 Å². The number of rotatable bonds is 5. The molecule has 0 aliphatic heterocycles. The number of anilines is 1. The zero-order valence-electron chi connectivity index (χ0n) is 11.6. The fourth-order valence-electron chi connectivity index (χ4n) is 1.63. The van der Waals surface area contributed by atoms with Crippen molar-refractivity contribution in [3.05, 3.63) is 29.3 Å². The Morgan fingerprint density at radius 3 is 2.63 bits per heavy atom. The lowest BCUT2D eigenvalue weighted by Crippen LogP contribution is -2.45. The Morgan fingerprint density at radius 1 is 1.37 bits per heavy atom. The predicted molar refractivity (Wildman–Crippen MR) is 75.8 cm³/mol. The second-order valence-electron chi connectivity index (χ2n) is 4.58. The summed E-state index contributed by atoms with van der Waals surface area (Å²) in [5.74, 6) is -0.530. The standard InChI is InChI=1S/C14H21N3O2/c1-4-7-16-13(18)10(3)17-14(19)11-6-5-9(2)8-12(11)15/h5-6,8,10H,4,7,15H2,1-3H3,(H,16,18)(H,17,19). The summed E-state index contributed by atoms with van der Waals surface area (Å²) in [5, 5.41) is 5.36. The van der Waals surface area contributed by atoms with Gasteiger partial charge in [0.05, 0.1) is 5.56 Å². The minimum absolute atomic E-state index is 0.194. The van der Waals surface area contributed by atoms with Crippen molar-refractivity contribution in [2.75, 3.05) is 12.3 Å².